The van der Waals surface area contributed by atoms with Gasteiger partial charge in [-0.1, -0.05) is 0 Å². The van der Waals surface area contributed by atoms with Gasteiger partial charge in [0, 0.05) is 17.8 Å². The summed E-state index contributed by atoms with van der Waals surface area (Å²) < 4.78 is 0. The largest absolute Gasteiger partial charge is 0.350 e. The summed E-state index contributed by atoms with van der Waals surface area (Å²) in [5, 5.41) is 13.0. The van der Waals surface area contributed by atoms with Gasteiger partial charge in [-0.05, 0) is 33.2 Å². The van der Waals surface area contributed by atoms with Crippen LogP contribution in [0.5, 0.6) is 0 Å². The van der Waals surface area contributed by atoms with Crippen molar-refractivity contribution in [2.75, 3.05) is 13.1 Å². The zero-order valence-corrected chi connectivity index (χ0v) is 9.76. The SMILES string of the molecule is Cc1[nH]ncc1C(=O)NCC1(C)CCCN1. The molecule has 5 heteroatoms. The van der Waals surface area contributed by atoms with Gasteiger partial charge in [0.15, 0.2) is 0 Å². The number of hydrogen-bond acceptors (Lipinski definition) is 3. The zero-order valence-electron chi connectivity index (χ0n) is 9.76. The smallest absolute Gasteiger partial charge is 0.254 e. The van der Waals surface area contributed by atoms with E-state index in [0.29, 0.717) is 12.1 Å². The zero-order chi connectivity index (χ0) is 11.6. The van der Waals surface area contributed by atoms with Crippen molar-refractivity contribution in [3.05, 3.63) is 17.5 Å². The van der Waals surface area contributed by atoms with Gasteiger partial charge in [0.25, 0.3) is 5.91 Å². The van der Waals surface area contributed by atoms with Crippen LogP contribution < -0.4 is 10.6 Å². The number of nitrogens with one attached hydrogen (secondary N) is 3. The molecule has 1 aromatic rings. The van der Waals surface area contributed by atoms with Gasteiger partial charge < -0.3 is 10.6 Å². The van der Waals surface area contributed by atoms with Crippen molar-refractivity contribution in [3.63, 3.8) is 0 Å². The Hall–Kier alpha value is -1.36. The van der Waals surface area contributed by atoms with Crippen molar-refractivity contribution in [2.45, 2.75) is 32.2 Å². The van der Waals surface area contributed by atoms with Gasteiger partial charge >= 0.3 is 0 Å². The van der Waals surface area contributed by atoms with Crippen molar-refractivity contribution < 1.29 is 4.79 Å². The van der Waals surface area contributed by atoms with Gasteiger partial charge in [0.2, 0.25) is 0 Å². The first kappa shape index (κ1) is 11.1. The lowest BCUT2D eigenvalue weighted by Crippen LogP contribution is -2.47. The van der Waals surface area contributed by atoms with E-state index < -0.39 is 0 Å². The van der Waals surface area contributed by atoms with Crippen molar-refractivity contribution in [1.29, 1.82) is 0 Å². The van der Waals surface area contributed by atoms with Gasteiger partial charge in [0.05, 0.1) is 11.8 Å². The second kappa shape index (κ2) is 4.25. The summed E-state index contributed by atoms with van der Waals surface area (Å²) >= 11 is 0. The second-order valence-electron chi connectivity index (χ2n) is 4.68. The quantitative estimate of drug-likeness (QED) is 0.701. The third kappa shape index (κ3) is 2.24. The number of carbonyl (C=O) groups is 1. The van der Waals surface area contributed by atoms with E-state index in [4.69, 9.17) is 0 Å². The van der Waals surface area contributed by atoms with Gasteiger partial charge in [-0.2, -0.15) is 5.10 Å². The molecular weight excluding hydrogens is 204 g/mol. The van der Waals surface area contributed by atoms with Crippen LogP contribution in [0.25, 0.3) is 0 Å². The fourth-order valence-electron chi connectivity index (χ4n) is 2.06. The molecule has 1 aliphatic heterocycles. The lowest BCUT2D eigenvalue weighted by molar-refractivity contribution is 0.0942. The summed E-state index contributed by atoms with van der Waals surface area (Å²) in [6.07, 6.45) is 3.85. The molecule has 1 fully saturated rings. The molecule has 1 atom stereocenters. The number of aromatic nitrogens is 2. The number of H-pyrrole nitrogens is 1. The lowest BCUT2D eigenvalue weighted by Gasteiger charge is -2.24. The van der Waals surface area contributed by atoms with Crippen molar-refractivity contribution in [3.8, 4) is 0 Å². The summed E-state index contributed by atoms with van der Waals surface area (Å²) in [6.45, 7) is 5.69. The number of rotatable bonds is 3. The molecule has 1 saturated heterocycles. The Morgan fingerprint density at radius 2 is 2.50 bits per heavy atom. The fourth-order valence-corrected chi connectivity index (χ4v) is 2.06. The molecular formula is C11H18N4O. The molecule has 0 saturated carbocycles. The van der Waals surface area contributed by atoms with E-state index >= 15 is 0 Å². The van der Waals surface area contributed by atoms with E-state index in [1.54, 1.807) is 6.20 Å². The first-order valence-electron chi connectivity index (χ1n) is 5.64. The Balaban J connectivity index is 1.91. The van der Waals surface area contributed by atoms with E-state index in [0.717, 1.165) is 18.7 Å². The first-order chi connectivity index (χ1) is 7.61. The number of amides is 1. The maximum absolute atomic E-state index is 11.8. The molecule has 1 aromatic heterocycles. The number of carbonyl (C=O) groups excluding carboxylic acids is 1. The number of hydrogen-bond donors (Lipinski definition) is 3. The summed E-state index contributed by atoms with van der Waals surface area (Å²) in [7, 11) is 0. The summed E-state index contributed by atoms with van der Waals surface area (Å²) in [6, 6.07) is 0. The third-order valence-corrected chi connectivity index (χ3v) is 3.17. The van der Waals surface area contributed by atoms with E-state index in [-0.39, 0.29) is 11.4 Å². The monoisotopic (exact) mass is 222 g/mol. The molecule has 3 N–H and O–H groups in total. The molecule has 16 heavy (non-hydrogen) atoms. The van der Waals surface area contributed by atoms with Crippen LogP contribution in [-0.4, -0.2) is 34.7 Å². The Kier molecular flexibility index (Phi) is 2.96. The fraction of sp³-hybridized carbons (Fsp3) is 0.636. The molecule has 0 radical (unpaired) electrons. The highest BCUT2D eigenvalue weighted by Crippen LogP contribution is 2.17. The minimum absolute atomic E-state index is 0.0489. The highest BCUT2D eigenvalue weighted by Gasteiger charge is 2.28. The number of nitrogens with zero attached hydrogens (tertiary/aromatic N) is 1. The van der Waals surface area contributed by atoms with Crippen molar-refractivity contribution >= 4 is 5.91 Å². The van der Waals surface area contributed by atoms with Crippen LogP contribution in [0, 0.1) is 6.92 Å². The average Bonchev–Trinajstić information content (AvgIpc) is 2.85. The molecule has 2 rings (SSSR count). The Morgan fingerprint density at radius 3 is 3.06 bits per heavy atom. The van der Waals surface area contributed by atoms with Crippen LogP contribution in [-0.2, 0) is 0 Å². The van der Waals surface area contributed by atoms with Gasteiger partial charge in [-0.15, -0.1) is 0 Å². The minimum Gasteiger partial charge on any atom is -0.350 e. The van der Waals surface area contributed by atoms with Crippen LogP contribution >= 0.6 is 0 Å². The molecule has 1 unspecified atom stereocenters. The Labute approximate surface area is 95.0 Å². The van der Waals surface area contributed by atoms with Crippen LogP contribution in [0.4, 0.5) is 0 Å². The summed E-state index contributed by atoms with van der Waals surface area (Å²) in [5.41, 5.74) is 1.48. The van der Waals surface area contributed by atoms with Crippen molar-refractivity contribution in [1.82, 2.24) is 20.8 Å². The van der Waals surface area contributed by atoms with E-state index in [1.165, 1.54) is 6.42 Å². The molecule has 5 nitrogen and oxygen atoms in total. The van der Waals surface area contributed by atoms with Gasteiger partial charge in [-0.25, -0.2) is 0 Å². The molecule has 0 spiro atoms. The highest BCUT2D eigenvalue weighted by molar-refractivity contribution is 5.94. The van der Waals surface area contributed by atoms with E-state index in [9.17, 15) is 4.79 Å². The summed E-state index contributed by atoms with van der Waals surface area (Å²) in [5.74, 6) is -0.0545. The molecule has 0 aromatic carbocycles. The topological polar surface area (TPSA) is 69.8 Å². The number of aromatic amines is 1. The Morgan fingerprint density at radius 1 is 1.69 bits per heavy atom. The summed E-state index contributed by atoms with van der Waals surface area (Å²) in [4.78, 5) is 11.8. The normalized spacial score (nSPS) is 24.6. The molecule has 0 bridgehead atoms. The molecule has 88 valence electrons. The maximum Gasteiger partial charge on any atom is 0.254 e. The third-order valence-electron chi connectivity index (χ3n) is 3.17. The molecule has 2 heterocycles. The number of aryl methyl sites for hydroxylation is 1. The predicted octanol–water partition coefficient (Wildman–Crippen LogP) is 0.590. The van der Waals surface area contributed by atoms with E-state index in [1.807, 2.05) is 6.92 Å². The van der Waals surface area contributed by atoms with Crippen molar-refractivity contribution in [2.24, 2.45) is 0 Å². The molecule has 1 aliphatic rings. The second-order valence-corrected chi connectivity index (χ2v) is 4.68. The standard InChI is InChI=1S/C11H18N4O/c1-8-9(6-14-15-8)10(16)12-7-11(2)4-3-5-13-11/h6,13H,3-5,7H2,1-2H3,(H,12,16)(H,14,15). The van der Waals surface area contributed by atoms with Crippen LogP contribution in [0.1, 0.15) is 35.8 Å². The lowest BCUT2D eigenvalue weighted by atomic mass is 10.0. The first-order valence-corrected chi connectivity index (χ1v) is 5.64. The van der Waals surface area contributed by atoms with Crippen LogP contribution in [0.15, 0.2) is 6.20 Å². The maximum atomic E-state index is 11.8. The van der Waals surface area contributed by atoms with E-state index in [2.05, 4.69) is 27.8 Å². The van der Waals surface area contributed by atoms with Crippen LogP contribution in [0.2, 0.25) is 0 Å². The van der Waals surface area contributed by atoms with Crippen LogP contribution in [0.3, 0.4) is 0 Å². The molecule has 0 aliphatic carbocycles. The molecule has 1 amide bonds. The Bertz CT molecular complexity index is 379. The highest BCUT2D eigenvalue weighted by atomic mass is 16.1. The predicted molar refractivity (Wildman–Crippen MR) is 61.3 cm³/mol. The minimum atomic E-state index is -0.0545. The van der Waals surface area contributed by atoms with Gasteiger partial charge in [-0.3, -0.25) is 9.89 Å². The average molecular weight is 222 g/mol. The van der Waals surface area contributed by atoms with Gasteiger partial charge in [0.1, 0.15) is 0 Å².